The highest BCUT2D eigenvalue weighted by atomic mass is 35.5. The second-order valence-corrected chi connectivity index (χ2v) is 10.5. The van der Waals surface area contributed by atoms with Crippen molar-refractivity contribution in [3.05, 3.63) is 39.6 Å². The number of halogens is 2. The first-order chi connectivity index (χ1) is 14.0. The van der Waals surface area contributed by atoms with Gasteiger partial charge in [-0.25, -0.2) is 0 Å². The summed E-state index contributed by atoms with van der Waals surface area (Å²) in [5, 5.41) is 16.1. The molecule has 2 unspecified atom stereocenters. The summed E-state index contributed by atoms with van der Waals surface area (Å²) in [4.78, 5) is 0. The van der Waals surface area contributed by atoms with Gasteiger partial charge in [-0.3, -0.25) is 0 Å². The van der Waals surface area contributed by atoms with Gasteiger partial charge in [-0.05, 0) is 74.8 Å². The zero-order valence-corrected chi connectivity index (χ0v) is 17.8. The highest BCUT2D eigenvalue weighted by Gasteiger charge is 2.55. The fourth-order valence-corrected chi connectivity index (χ4v) is 6.95. The molecule has 29 heavy (non-hydrogen) atoms. The van der Waals surface area contributed by atoms with Crippen molar-refractivity contribution in [3.63, 3.8) is 0 Å². The van der Waals surface area contributed by atoms with Crippen LogP contribution < -0.4 is 0 Å². The molecule has 5 aliphatic carbocycles. The predicted octanol–water partition coefficient (Wildman–Crippen LogP) is 5.98. The van der Waals surface area contributed by atoms with Gasteiger partial charge >= 0.3 is 0 Å². The number of nitrogens with zero attached hydrogens (tertiary/aromatic N) is 1. The van der Waals surface area contributed by atoms with Crippen LogP contribution in [0.25, 0.3) is 11.3 Å². The van der Waals surface area contributed by atoms with E-state index in [4.69, 9.17) is 32.5 Å². The molecule has 0 saturated heterocycles. The summed E-state index contributed by atoms with van der Waals surface area (Å²) in [6, 6.07) is 5.51. The van der Waals surface area contributed by atoms with Crippen LogP contribution in [-0.2, 0) is 11.3 Å². The quantitative estimate of drug-likeness (QED) is 0.629. The van der Waals surface area contributed by atoms with Gasteiger partial charge in [-0.1, -0.05) is 34.4 Å². The van der Waals surface area contributed by atoms with Gasteiger partial charge in [0.2, 0.25) is 0 Å². The number of rotatable bonds is 5. The molecule has 0 aliphatic heterocycles. The molecular formula is C23H25Cl2NO3. The largest absolute Gasteiger partial charge is 0.393 e. The van der Waals surface area contributed by atoms with Crippen molar-refractivity contribution in [2.75, 3.05) is 0 Å². The Labute approximate surface area is 180 Å². The molecule has 1 aromatic carbocycles. The molecule has 7 rings (SSSR count). The molecule has 1 N–H and O–H groups in total. The van der Waals surface area contributed by atoms with Crippen molar-refractivity contribution in [2.24, 2.45) is 17.8 Å². The average molecular weight is 434 g/mol. The lowest BCUT2D eigenvalue weighted by molar-refractivity contribution is -0.205. The van der Waals surface area contributed by atoms with E-state index in [1.54, 1.807) is 0 Å². The van der Waals surface area contributed by atoms with Gasteiger partial charge in [0.15, 0.2) is 0 Å². The summed E-state index contributed by atoms with van der Waals surface area (Å²) in [6.45, 7) is 0.467. The molecule has 2 aromatic rings. The third-order valence-electron chi connectivity index (χ3n) is 7.66. The smallest absolute Gasteiger partial charge is 0.145 e. The maximum absolute atomic E-state index is 10.6. The molecule has 0 radical (unpaired) electrons. The van der Waals surface area contributed by atoms with E-state index >= 15 is 0 Å². The highest BCUT2D eigenvalue weighted by molar-refractivity contribution is 6.39. The van der Waals surface area contributed by atoms with Gasteiger partial charge in [0.05, 0.1) is 28.4 Å². The molecule has 4 bridgehead atoms. The van der Waals surface area contributed by atoms with Crippen molar-refractivity contribution < 1.29 is 14.4 Å². The summed E-state index contributed by atoms with van der Waals surface area (Å²) < 4.78 is 12.5. The molecule has 5 saturated carbocycles. The molecule has 5 aliphatic rings. The number of hydrogen-bond donors (Lipinski definition) is 1. The average Bonchev–Trinajstić information content (AvgIpc) is 3.44. The molecule has 2 atom stereocenters. The Balaban J connectivity index is 1.33. The summed E-state index contributed by atoms with van der Waals surface area (Å²) in [5.41, 5.74) is 2.33. The molecule has 1 heterocycles. The first kappa shape index (κ1) is 18.7. The van der Waals surface area contributed by atoms with Gasteiger partial charge in [0.1, 0.15) is 11.5 Å². The van der Waals surface area contributed by atoms with E-state index in [9.17, 15) is 5.11 Å². The van der Waals surface area contributed by atoms with Gasteiger partial charge < -0.3 is 14.4 Å². The third-order valence-corrected chi connectivity index (χ3v) is 8.29. The lowest BCUT2D eigenvalue weighted by Gasteiger charge is -2.58. The van der Waals surface area contributed by atoms with Crippen molar-refractivity contribution in [2.45, 2.75) is 69.2 Å². The van der Waals surface area contributed by atoms with Crippen LogP contribution in [0.4, 0.5) is 0 Å². The van der Waals surface area contributed by atoms with Crippen LogP contribution >= 0.6 is 23.2 Å². The fourth-order valence-electron chi connectivity index (χ4n) is 6.37. The van der Waals surface area contributed by atoms with Crippen LogP contribution in [0, 0.1) is 17.8 Å². The Morgan fingerprint density at radius 3 is 2.45 bits per heavy atom. The van der Waals surface area contributed by atoms with Gasteiger partial charge in [-0.15, -0.1) is 0 Å². The Hall–Kier alpha value is -1.07. The summed E-state index contributed by atoms with van der Waals surface area (Å²) >= 11 is 13.0. The number of aliphatic hydroxyl groups excluding tert-OH is 1. The fraction of sp³-hybridized carbons (Fsp3) is 0.609. The van der Waals surface area contributed by atoms with Crippen molar-refractivity contribution in [3.8, 4) is 11.3 Å². The first-order valence-electron chi connectivity index (χ1n) is 10.8. The summed E-state index contributed by atoms with van der Waals surface area (Å²) in [6.07, 6.45) is 7.47. The number of aromatic nitrogens is 1. The van der Waals surface area contributed by atoms with Crippen molar-refractivity contribution in [1.29, 1.82) is 0 Å². The molecular weight excluding hydrogens is 409 g/mol. The molecule has 4 nitrogen and oxygen atoms in total. The van der Waals surface area contributed by atoms with E-state index < -0.39 is 0 Å². The topological polar surface area (TPSA) is 55.5 Å². The van der Waals surface area contributed by atoms with Crippen LogP contribution in [-0.4, -0.2) is 22.0 Å². The molecule has 0 amide bonds. The summed E-state index contributed by atoms with van der Waals surface area (Å²) in [5.74, 6) is 2.84. The van der Waals surface area contributed by atoms with E-state index in [1.807, 2.05) is 18.2 Å². The van der Waals surface area contributed by atoms with Crippen LogP contribution in [0.2, 0.25) is 10.0 Å². The lowest BCUT2D eigenvalue weighted by Crippen LogP contribution is -2.57. The zero-order valence-electron chi connectivity index (χ0n) is 16.2. The third kappa shape index (κ3) is 3.06. The maximum Gasteiger partial charge on any atom is 0.145 e. The second kappa shape index (κ2) is 6.71. The van der Waals surface area contributed by atoms with E-state index in [1.165, 1.54) is 0 Å². The molecule has 1 aromatic heterocycles. The number of hydrogen-bond acceptors (Lipinski definition) is 4. The van der Waals surface area contributed by atoms with Crippen LogP contribution in [0.15, 0.2) is 22.7 Å². The monoisotopic (exact) mass is 433 g/mol. The van der Waals surface area contributed by atoms with E-state index in [0.717, 1.165) is 61.8 Å². The summed E-state index contributed by atoms with van der Waals surface area (Å²) in [7, 11) is 0. The first-order valence-corrected chi connectivity index (χ1v) is 11.5. The highest BCUT2D eigenvalue weighted by Crippen LogP contribution is 2.57. The Kier molecular flexibility index (Phi) is 4.32. The zero-order chi connectivity index (χ0) is 19.8. The van der Waals surface area contributed by atoms with Crippen LogP contribution in [0.3, 0.4) is 0 Å². The lowest BCUT2D eigenvalue weighted by atomic mass is 9.53. The van der Waals surface area contributed by atoms with Gasteiger partial charge in [0.25, 0.3) is 0 Å². The van der Waals surface area contributed by atoms with Crippen molar-refractivity contribution in [1.82, 2.24) is 5.16 Å². The van der Waals surface area contributed by atoms with Crippen molar-refractivity contribution >= 4 is 23.2 Å². The minimum absolute atomic E-state index is 0.116. The number of ether oxygens (including phenoxy) is 1. The Morgan fingerprint density at radius 1 is 1.10 bits per heavy atom. The Bertz CT molecular complexity index is 917. The Morgan fingerprint density at radius 2 is 1.79 bits per heavy atom. The molecule has 5 fully saturated rings. The van der Waals surface area contributed by atoms with Gasteiger partial charge in [-0.2, -0.15) is 0 Å². The molecule has 154 valence electrons. The predicted molar refractivity (Wildman–Crippen MR) is 111 cm³/mol. The normalized spacial score (nSPS) is 35.4. The van der Waals surface area contributed by atoms with Crippen LogP contribution in [0.1, 0.15) is 62.2 Å². The SMILES string of the molecule is OC1C2CC3CC1CC(OCc1c(-c4c(Cl)cccc4Cl)noc1C1CC1)(C3)C2. The van der Waals surface area contributed by atoms with Gasteiger partial charge in [0, 0.05) is 17.0 Å². The van der Waals surface area contributed by atoms with E-state index in [-0.39, 0.29) is 11.7 Å². The van der Waals surface area contributed by atoms with Crippen LogP contribution in [0.5, 0.6) is 0 Å². The maximum atomic E-state index is 10.6. The van der Waals surface area contributed by atoms with E-state index in [2.05, 4.69) is 5.16 Å². The molecule has 6 heteroatoms. The number of aliphatic hydroxyl groups is 1. The number of benzene rings is 1. The standard InChI is InChI=1S/C23H25Cl2NO3/c24-17-2-1-3-18(25)19(17)20-16(22(29-26-20)13-4-5-13)11-28-23-8-12-6-14(9-23)21(27)15(7-12)10-23/h1-3,12-15,21,27H,4-11H2. The second-order valence-electron chi connectivity index (χ2n) is 9.68. The molecule has 0 spiro atoms. The minimum Gasteiger partial charge on any atom is -0.393 e. The minimum atomic E-state index is -0.140. The van der Waals surface area contributed by atoms with E-state index in [0.29, 0.717) is 46.0 Å².